The first-order chi connectivity index (χ1) is 9.56. The maximum Gasteiger partial charge on any atom is 0.248 e. The number of nitrogens with two attached hydrogens (primary N) is 1. The summed E-state index contributed by atoms with van der Waals surface area (Å²) < 4.78 is 5.39. The molecule has 0 aromatic heterocycles. The van der Waals surface area contributed by atoms with Crippen molar-refractivity contribution < 1.29 is 14.3 Å². The van der Waals surface area contributed by atoms with Gasteiger partial charge in [-0.1, -0.05) is 29.8 Å². The van der Waals surface area contributed by atoms with E-state index in [2.05, 4.69) is 0 Å². The first-order valence-electron chi connectivity index (χ1n) is 6.19. The van der Waals surface area contributed by atoms with Gasteiger partial charge in [-0.3, -0.25) is 9.59 Å². The SMILES string of the molecule is Cc1ccc(C(=O)COc2ccc(C(N)=O)cc2)cc1. The Bertz CT molecular complexity index is 615. The molecule has 0 radical (unpaired) electrons. The van der Waals surface area contributed by atoms with Gasteiger partial charge in [-0.05, 0) is 31.2 Å². The quantitative estimate of drug-likeness (QED) is 0.847. The van der Waals surface area contributed by atoms with Crippen molar-refractivity contribution in [1.82, 2.24) is 0 Å². The summed E-state index contributed by atoms with van der Waals surface area (Å²) in [5, 5.41) is 0. The zero-order chi connectivity index (χ0) is 14.5. The summed E-state index contributed by atoms with van der Waals surface area (Å²) >= 11 is 0. The van der Waals surface area contributed by atoms with Gasteiger partial charge in [-0.25, -0.2) is 0 Å². The van der Waals surface area contributed by atoms with Gasteiger partial charge in [0.15, 0.2) is 12.4 Å². The molecule has 4 heteroatoms. The third-order valence-electron chi connectivity index (χ3n) is 2.88. The maximum absolute atomic E-state index is 11.9. The minimum absolute atomic E-state index is 0.0427. The van der Waals surface area contributed by atoms with Crippen LogP contribution >= 0.6 is 0 Å². The summed E-state index contributed by atoms with van der Waals surface area (Å²) in [6.07, 6.45) is 0. The molecule has 0 atom stereocenters. The molecule has 102 valence electrons. The van der Waals surface area contributed by atoms with Crippen molar-refractivity contribution in [3.8, 4) is 5.75 Å². The van der Waals surface area contributed by atoms with Crippen LogP contribution < -0.4 is 10.5 Å². The standard InChI is InChI=1S/C16H15NO3/c1-11-2-4-12(5-3-11)15(18)10-20-14-8-6-13(7-9-14)16(17)19/h2-9H,10H2,1H3,(H2,17,19). The first kappa shape index (κ1) is 13.8. The van der Waals surface area contributed by atoms with Crippen LogP contribution in [0.1, 0.15) is 26.3 Å². The smallest absolute Gasteiger partial charge is 0.248 e. The summed E-state index contributed by atoms with van der Waals surface area (Å²) in [5.74, 6) is -0.0632. The van der Waals surface area contributed by atoms with Gasteiger partial charge in [0, 0.05) is 11.1 Å². The number of carbonyl (C=O) groups excluding carboxylic acids is 2. The summed E-state index contributed by atoms with van der Waals surface area (Å²) in [6.45, 7) is 1.92. The van der Waals surface area contributed by atoms with Crippen molar-refractivity contribution >= 4 is 11.7 Å². The highest BCUT2D eigenvalue weighted by Crippen LogP contribution is 2.12. The molecule has 0 spiro atoms. The predicted octanol–water partition coefficient (Wildman–Crippen LogP) is 2.36. The number of benzene rings is 2. The lowest BCUT2D eigenvalue weighted by Gasteiger charge is -2.06. The number of primary amides is 1. The minimum atomic E-state index is -0.493. The zero-order valence-electron chi connectivity index (χ0n) is 11.1. The summed E-state index contributed by atoms with van der Waals surface area (Å²) in [4.78, 5) is 22.8. The number of hydrogen-bond donors (Lipinski definition) is 1. The van der Waals surface area contributed by atoms with Crippen molar-refractivity contribution in [2.75, 3.05) is 6.61 Å². The van der Waals surface area contributed by atoms with E-state index < -0.39 is 5.91 Å². The molecule has 0 saturated heterocycles. The molecule has 4 nitrogen and oxygen atoms in total. The van der Waals surface area contributed by atoms with Crippen molar-refractivity contribution in [3.63, 3.8) is 0 Å². The highest BCUT2D eigenvalue weighted by molar-refractivity contribution is 5.97. The van der Waals surface area contributed by atoms with Crippen molar-refractivity contribution in [2.45, 2.75) is 6.92 Å². The second-order valence-corrected chi connectivity index (χ2v) is 4.47. The molecule has 0 bridgehead atoms. The lowest BCUT2D eigenvalue weighted by Crippen LogP contribution is -2.12. The molecule has 0 heterocycles. The van der Waals surface area contributed by atoms with Crippen LogP contribution in [0.15, 0.2) is 48.5 Å². The van der Waals surface area contributed by atoms with Crippen LogP contribution in [-0.2, 0) is 0 Å². The van der Waals surface area contributed by atoms with Crippen LogP contribution in [0.4, 0.5) is 0 Å². The van der Waals surface area contributed by atoms with Crippen LogP contribution in [0.5, 0.6) is 5.75 Å². The molecular formula is C16H15NO3. The predicted molar refractivity (Wildman–Crippen MR) is 76.0 cm³/mol. The van der Waals surface area contributed by atoms with E-state index >= 15 is 0 Å². The average Bonchev–Trinajstić information content (AvgIpc) is 2.46. The van der Waals surface area contributed by atoms with E-state index in [-0.39, 0.29) is 12.4 Å². The van der Waals surface area contributed by atoms with E-state index in [9.17, 15) is 9.59 Å². The second kappa shape index (κ2) is 6.02. The molecule has 0 aliphatic rings. The topological polar surface area (TPSA) is 69.4 Å². The van der Waals surface area contributed by atoms with Gasteiger partial charge in [-0.2, -0.15) is 0 Å². The van der Waals surface area contributed by atoms with Crippen LogP contribution in [0.25, 0.3) is 0 Å². The Kier molecular flexibility index (Phi) is 4.15. The molecule has 0 fully saturated rings. The molecule has 2 rings (SSSR count). The maximum atomic E-state index is 11.9. The molecule has 0 aliphatic heterocycles. The van der Waals surface area contributed by atoms with E-state index in [1.54, 1.807) is 36.4 Å². The van der Waals surface area contributed by atoms with Crippen molar-refractivity contribution in [3.05, 3.63) is 65.2 Å². The highest BCUT2D eigenvalue weighted by atomic mass is 16.5. The zero-order valence-corrected chi connectivity index (χ0v) is 11.1. The average molecular weight is 269 g/mol. The molecular weight excluding hydrogens is 254 g/mol. The van der Waals surface area contributed by atoms with Gasteiger partial charge in [0.1, 0.15) is 5.75 Å². The number of aryl methyl sites for hydroxylation is 1. The van der Waals surface area contributed by atoms with Gasteiger partial charge >= 0.3 is 0 Å². The normalized spacial score (nSPS) is 10.1. The number of rotatable bonds is 5. The van der Waals surface area contributed by atoms with E-state index in [1.165, 1.54) is 0 Å². The number of amides is 1. The highest BCUT2D eigenvalue weighted by Gasteiger charge is 2.07. The fourth-order valence-electron chi connectivity index (χ4n) is 1.69. The second-order valence-electron chi connectivity index (χ2n) is 4.47. The fourth-order valence-corrected chi connectivity index (χ4v) is 1.69. The van der Waals surface area contributed by atoms with E-state index in [0.717, 1.165) is 5.56 Å². The molecule has 20 heavy (non-hydrogen) atoms. The Hall–Kier alpha value is -2.62. The third kappa shape index (κ3) is 3.45. The largest absolute Gasteiger partial charge is 0.485 e. The molecule has 0 aliphatic carbocycles. The number of ketones is 1. The Balaban J connectivity index is 1.96. The Labute approximate surface area is 117 Å². The van der Waals surface area contributed by atoms with E-state index in [4.69, 9.17) is 10.5 Å². The number of carbonyl (C=O) groups is 2. The van der Waals surface area contributed by atoms with Crippen LogP contribution in [0.2, 0.25) is 0 Å². The molecule has 2 aromatic carbocycles. The Morgan fingerprint density at radius 2 is 1.50 bits per heavy atom. The molecule has 0 unspecified atom stereocenters. The lowest BCUT2D eigenvalue weighted by atomic mass is 10.1. The molecule has 1 amide bonds. The third-order valence-corrected chi connectivity index (χ3v) is 2.88. The Morgan fingerprint density at radius 3 is 2.05 bits per heavy atom. The van der Waals surface area contributed by atoms with Crippen LogP contribution in [-0.4, -0.2) is 18.3 Å². The monoisotopic (exact) mass is 269 g/mol. The molecule has 2 N–H and O–H groups in total. The number of Topliss-reactive ketones (excluding diaryl/α,β-unsaturated/α-hetero) is 1. The van der Waals surface area contributed by atoms with Crippen molar-refractivity contribution in [1.29, 1.82) is 0 Å². The van der Waals surface area contributed by atoms with Crippen LogP contribution in [0, 0.1) is 6.92 Å². The number of ether oxygens (including phenoxy) is 1. The van der Waals surface area contributed by atoms with Gasteiger partial charge < -0.3 is 10.5 Å². The first-order valence-corrected chi connectivity index (χ1v) is 6.19. The summed E-state index contributed by atoms with van der Waals surface area (Å²) in [7, 11) is 0. The fraction of sp³-hybridized carbons (Fsp3) is 0.125. The van der Waals surface area contributed by atoms with Crippen LogP contribution in [0.3, 0.4) is 0 Å². The van der Waals surface area contributed by atoms with E-state index in [0.29, 0.717) is 16.9 Å². The van der Waals surface area contributed by atoms with E-state index in [1.807, 2.05) is 19.1 Å². The number of hydrogen-bond acceptors (Lipinski definition) is 3. The van der Waals surface area contributed by atoms with Gasteiger partial charge in [0.2, 0.25) is 5.91 Å². The van der Waals surface area contributed by atoms with Crippen molar-refractivity contribution in [2.24, 2.45) is 5.73 Å². The molecule has 2 aromatic rings. The molecule has 0 saturated carbocycles. The summed E-state index contributed by atoms with van der Waals surface area (Å²) in [6, 6.07) is 13.7. The van der Waals surface area contributed by atoms with Gasteiger partial charge in [0.25, 0.3) is 0 Å². The van der Waals surface area contributed by atoms with Gasteiger partial charge in [0.05, 0.1) is 0 Å². The van der Waals surface area contributed by atoms with Gasteiger partial charge in [-0.15, -0.1) is 0 Å². The summed E-state index contributed by atoms with van der Waals surface area (Å²) in [5.41, 5.74) is 7.26. The Morgan fingerprint density at radius 1 is 0.950 bits per heavy atom. The lowest BCUT2D eigenvalue weighted by molar-refractivity contribution is 0.0920. The minimum Gasteiger partial charge on any atom is -0.485 e.